The van der Waals surface area contributed by atoms with Crippen LogP contribution >= 0.6 is 11.6 Å². The molecule has 1 unspecified atom stereocenters. The first-order valence-corrected chi connectivity index (χ1v) is 7.37. The number of hydrogen-bond donors (Lipinski definition) is 0. The van der Waals surface area contributed by atoms with Crippen molar-refractivity contribution in [1.82, 2.24) is 4.59 Å². The molecule has 0 spiro atoms. The molecular formula is C17H12ClF4N2+. The highest BCUT2D eigenvalue weighted by molar-refractivity contribution is 6.31. The number of rotatable bonds is 3. The van der Waals surface area contributed by atoms with Gasteiger partial charge >= 0.3 is 0 Å². The second kappa shape index (κ2) is 6.03. The second-order valence-corrected chi connectivity index (χ2v) is 5.87. The minimum absolute atomic E-state index is 0.0841. The normalized spacial score (nSPS) is 19.9. The smallest absolute Gasteiger partial charge is 0.207 e. The lowest BCUT2D eigenvalue weighted by Gasteiger charge is -2.23. The van der Waals surface area contributed by atoms with Crippen molar-refractivity contribution in [3.8, 4) is 11.1 Å². The molecule has 0 aromatic heterocycles. The molecule has 2 aromatic carbocycles. The summed E-state index contributed by atoms with van der Waals surface area (Å²) in [5.74, 6) is -1.11. The third kappa shape index (κ3) is 2.95. The molecule has 1 aliphatic rings. The van der Waals surface area contributed by atoms with Crippen LogP contribution in [0.3, 0.4) is 0 Å². The Kier molecular flexibility index (Phi) is 4.19. The zero-order valence-corrected chi connectivity index (χ0v) is 13.2. The Bertz CT molecular complexity index is 864. The standard InChI is InChI=1S/C17H12ClF4N2/c1-24(7-6-15(23-24)17(21)22)16-9-11(19)3-4-12(16)10-2-5-14(20)13(18)8-10/h2-9,17H,1H3/q+1. The molecule has 2 nitrogen and oxygen atoms in total. The molecule has 0 N–H and O–H groups in total. The van der Waals surface area contributed by atoms with Crippen LogP contribution in [0.4, 0.5) is 23.2 Å². The van der Waals surface area contributed by atoms with Crippen LogP contribution in [-0.4, -0.2) is 19.2 Å². The third-order valence-corrected chi connectivity index (χ3v) is 4.05. The van der Waals surface area contributed by atoms with Gasteiger partial charge in [-0.05, 0) is 29.8 Å². The van der Waals surface area contributed by atoms with E-state index in [4.69, 9.17) is 11.6 Å². The minimum atomic E-state index is -2.72. The Labute approximate surface area is 140 Å². The van der Waals surface area contributed by atoms with E-state index < -0.39 is 18.1 Å². The second-order valence-electron chi connectivity index (χ2n) is 5.46. The molecule has 0 saturated carbocycles. The van der Waals surface area contributed by atoms with Gasteiger partial charge in [-0.3, -0.25) is 0 Å². The van der Waals surface area contributed by atoms with Gasteiger partial charge in [0.1, 0.15) is 24.9 Å². The van der Waals surface area contributed by atoms with Crippen molar-refractivity contribution in [2.75, 3.05) is 7.05 Å². The number of quaternary nitrogens is 1. The highest BCUT2D eigenvalue weighted by Crippen LogP contribution is 2.38. The van der Waals surface area contributed by atoms with Crippen molar-refractivity contribution in [3.63, 3.8) is 0 Å². The van der Waals surface area contributed by atoms with Crippen LogP contribution in [-0.2, 0) is 0 Å². The first-order chi connectivity index (χ1) is 11.3. The fraction of sp³-hybridized carbons (Fsp3) is 0.118. The molecule has 0 aliphatic carbocycles. The molecule has 124 valence electrons. The number of hydrogen-bond acceptors (Lipinski definition) is 1. The van der Waals surface area contributed by atoms with Gasteiger partial charge in [0.05, 0.1) is 5.02 Å². The maximum Gasteiger partial charge on any atom is 0.285 e. The molecule has 0 amide bonds. The molecule has 3 rings (SSSR count). The average molecular weight is 356 g/mol. The van der Waals surface area contributed by atoms with Crippen LogP contribution in [0.2, 0.25) is 5.02 Å². The van der Waals surface area contributed by atoms with E-state index in [0.29, 0.717) is 16.8 Å². The number of alkyl halides is 2. The predicted molar refractivity (Wildman–Crippen MR) is 87.1 cm³/mol. The van der Waals surface area contributed by atoms with Crippen molar-refractivity contribution >= 4 is 23.0 Å². The Morgan fingerprint density at radius 1 is 1.08 bits per heavy atom. The van der Waals surface area contributed by atoms with E-state index in [2.05, 4.69) is 5.10 Å². The van der Waals surface area contributed by atoms with Gasteiger partial charge in [0.2, 0.25) is 0 Å². The van der Waals surface area contributed by atoms with Gasteiger partial charge in [0.25, 0.3) is 6.43 Å². The number of halogens is 5. The molecule has 7 heteroatoms. The Hall–Kier alpha value is -2.18. The van der Waals surface area contributed by atoms with Crippen molar-refractivity contribution in [1.29, 1.82) is 0 Å². The molecule has 1 aliphatic heterocycles. The quantitative estimate of drug-likeness (QED) is 0.518. The van der Waals surface area contributed by atoms with Crippen molar-refractivity contribution < 1.29 is 17.6 Å². The summed E-state index contributed by atoms with van der Waals surface area (Å²) in [5.41, 5.74) is 1.00. The first-order valence-electron chi connectivity index (χ1n) is 6.99. The molecule has 1 heterocycles. The number of benzene rings is 2. The van der Waals surface area contributed by atoms with Crippen molar-refractivity contribution in [2.45, 2.75) is 6.43 Å². The molecule has 0 fully saturated rings. The lowest BCUT2D eigenvalue weighted by molar-refractivity contribution is 0.225. The first kappa shape index (κ1) is 16.7. The summed E-state index contributed by atoms with van der Waals surface area (Å²) in [4.78, 5) is 0. The summed E-state index contributed by atoms with van der Waals surface area (Å²) < 4.78 is 52.5. The largest absolute Gasteiger partial charge is 0.285 e. The predicted octanol–water partition coefficient (Wildman–Crippen LogP) is 5.37. The van der Waals surface area contributed by atoms with E-state index >= 15 is 0 Å². The van der Waals surface area contributed by atoms with Gasteiger partial charge in [-0.15, -0.1) is 4.59 Å². The third-order valence-electron chi connectivity index (χ3n) is 3.76. The van der Waals surface area contributed by atoms with Gasteiger partial charge < -0.3 is 0 Å². The SMILES string of the molecule is C[N+]1(c2cc(F)ccc2-c2ccc(F)c(Cl)c2)C=CC(C(F)F)=N1. The molecule has 0 bridgehead atoms. The lowest BCUT2D eigenvalue weighted by Crippen LogP contribution is -2.32. The summed E-state index contributed by atoms with van der Waals surface area (Å²) in [5, 5.41) is 3.89. The molecule has 24 heavy (non-hydrogen) atoms. The molecule has 1 atom stereocenters. The minimum Gasteiger partial charge on any atom is -0.207 e. The fourth-order valence-electron chi connectivity index (χ4n) is 2.57. The van der Waals surface area contributed by atoms with E-state index in [1.807, 2.05) is 0 Å². The van der Waals surface area contributed by atoms with Crippen molar-refractivity contribution in [3.05, 3.63) is 65.3 Å². The van der Waals surface area contributed by atoms with Crippen LogP contribution in [0.1, 0.15) is 0 Å². The van der Waals surface area contributed by atoms with Crippen LogP contribution in [0.15, 0.2) is 53.8 Å². The summed E-state index contributed by atoms with van der Waals surface area (Å²) in [6, 6.07) is 8.02. The Balaban J connectivity index is 2.17. The summed E-state index contributed by atoms with van der Waals surface area (Å²) in [6.07, 6.45) is -0.0829. The molecular weight excluding hydrogens is 344 g/mol. The Morgan fingerprint density at radius 3 is 2.46 bits per heavy atom. The molecule has 2 aromatic rings. The Morgan fingerprint density at radius 2 is 1.83 bits per heavy atom. The number of nitrogens with zero attached hydrogens (tertiary/aromatic N) is 2. The highest BCUT2D eigenvalue weighted by Gasteiger charge is 2.34. The van der Waals surface area contributed by atoms with Crippen molar-refractivity contribution in [2.24, 2.45) is 5.10 Å². The maximum absolute atomic E-state index is 13.8. The van der Waals surface area contributed by atoms with Gasteiger partial charge in [-0.1, -0.05) is 22.8 Å². The van der Waals surface area contributed by atoms with Gasteiger partial charge in [-0.25, -0.2) is 17.6 Å². The van der Waals surface area contributed by atoms with Crippen LogP contribution in [0.25, 0.3) is 11.1 Å². The topological polar surface area (TPSA) is 12.4 Å². The molecule has 0 radical (unpaired) electrons. The summed E-state index contributed by atoms with van der Waals surface area (Å²) in [6.45, 7) is 0. The van der Waals surface area contributed by atoms with E-state index in [-0.39, 0.29) is 15.3 Å². The number of allylic oxidation sites excluding steroid dienone is 1. The van der Waals surface area contributed by atoms with E-state index in [1.165, 1.54) is 48.7 Å². The van der Waals surface area contributed by atoms with Crippen LogP contribution in [0, 0.1) is 11.6 Å². The van der Waals surface area contributed by atoms with Gasteiger partial charge in [0.15, 0.2) is 11.4 Å². The fourth-order valence-corrected chi connectivity index (χ4v) is 2.75. The highest BCUT2D eigenvalue weighted by atomic mass is 35.5. The zero-order chi connectivity index (χ0) is 17.5. The average Bonchev–Trinajstić information content (AvgIpc) is 2.94. The van der Waals surface area contributed by atoms with E-state index in [1.54, 1.807) is 7.05 Å². The van der Waals surface area contributed by atoms with E-state index in [9.17, 15) is 17.6 Å². The maximum atomic E-state index is 13.8. The monoisotopic (exact) mass is 355 g/mol. The zero-order valence-electron chi connectivity index (χ0n) is 12.5. The summed E-state index contributed by atoms with van der Waals surface area (Å²) >= 11 is 5.81. The van der Waals surface area contributed by atoms with Gasteiger partial charge in [0, 0.05) is 17.7 Å². The van der Waals surface area contributed by atoms with Gasteiger partial charge in [-0.2, -0.15) is 0 Å². The van der Waals surface area contributed by atoms with Crippen LogP contribution in [0.5, 0.6) is 0 Å². The molecule has 0 saturated heterocycles. The van der Waals surface area contributed by atoms with Crippen LogP contribution < -0.4 is 4.59 Å². The van der Waals surface area contributed by atoms with E-state index in [0.717, 1.165) is 0 Å². The summed E-state index contributed by atoms with van der Waals surface area (Å²) in [7, 11) is 1.55. The lowest BCUT2D eigenvalue weighted by atomic mass is 10.0.